The van der Waals surface area contributed by atoms with E-state index in [1.165, 1.54) is 23.2 Å². The maximum absolute atomic E-state index is 11.9. The first-order chi connectivity index (χ1) is 15.7. The van der Waals surface area contributed by atoms with E-state index >= 15 is 0 Å². The Bertz CT molecular complexity index is 1030. The van der Waals surface area contributed by atoms with E-state index in [0.717, 1.165) is 43.7 Å². The van der Waals surface area contributed by atoms with Crippen LogP contribution in [0.4, 0.5) is 0 Å². The summed E-state index contributed by atoms with van der Waals surface area (Å²) in [6.45, 7) is 6.39. The molecule has 6 nitrogen and oxygen atoms in total. The van der Waals surface area contributed by atoms with Gasteiger partial charge in [0.1, 0.15) is 9.84 Å². The normalized spacial score (nSPS) is 26.2. The summed E-state index contributed by atoms with van der Waals surface area (Å²) in [6.07, 6.45) is 6.35. The summed E-state index contributed by atoms with van der Waals surface area (Å²) >= 11 is 6.07. The van der Waals surface area contributed by atoms with Crippen LogP contribution in [0.2, 0.25) is 5.02 Å². The van der Waals surface area contributed by atoms with Gasteiger partial charge in [-0.15, -0.1) is 12.4 Å². The zero-order valence-electron chi connectivity index (χ0n) is 20.3. The van der Waals surface area contributed by atoms with Crippen molar-refractivity contribution in [3.8, 4) is 0 Å². The van der Waals surface area contributed by atoms with Gasteiger partial charge in [0.15, 0.2) is 0 Å². The maximum Gasteiger partial charge on any atom is 0.150 e. The highest BCUT2D eigenvalue weighted by molar-refractivity contribution is 7.90. The predicted octanol–water partition coefficient (Wildman–Crippen LogP) is 4.67. The second-order valence-electron chi connectivity index (χ2n) is 9.76. The van der Waals surface area contributed by atoms with Crippen LogP contribution < -0.4 is 0 Å². The Hall–Kier alpha value is -1.12. The van der Waals surface area contributed by atoms with E-state index < -0.39 is 9.84 Å². The van der Waals surface area contributed by atoms with Crippen LogP contribution in [0.25, 0.3) is 0 Å². The third kappa shape index (κ3) is 6.97. The molecule has 4 rings (SSSR count). The second kappa shape index (κ2) is 11.7. The number of ether oxygens (including phenoxy) is 1. The summed E-state index contributed by atoms with van der Waals surface area (Å²) in [7, 11) is -3.09. The molecule has 9 heteroatoms. The Morgan fingerprint density at radius 2 is 1.82 bits per heavy atom. The molecule has 0 spiro atoms. The van der Waals surface area contributed by atoms with Crippen molar-refractivity contribution < 1.29 is 13.2 Å². The maximum atomic E-state index is 11.9. The van der Waals surface area contributed by atoms with Crippen LogP contribution in [0.3, 0.4) is 0 Å². The number of halogens is 2. The fraction of sp³-hybridized carbons (Fsp3) is 0.640. The highest BCUT2D eigenvalue weighted by Gasteiger charge is 2.37. The molecule has 0 radical (unpaired) electrons. The lowest BCUT2D eigenvalue weighted by atomic mass is 9.82. The zero-order chi connectivity index (χ0) is 23.6. The number of hydrogen-bond acceptors (Lipinski definition) is 5. The van der Waals surface area contributed by atoms with Crippen LogP contribution in [0.1, 0.15) is 55.5 Å². The number of morpholine rings is 1. The minimum Gasteiger partial charge on any atom is -0.374 e. The lowest BCUT2D eigenvalue weighted by Gasteiger charge is -2.46. The van der Waals surface area contributed by atoms with Crippen molar-refractivity contribution in [1.29, 1.82) is 0 Å². The molecular weight excluding hydrogens is 493 g/mol. The molecule has 2 heterocycles. The van der Waals surface area contributed by atoms with E-state index in [4.69, 9.17) is 21.4 Å². The van der Waals surface area contributed by atoms with Crippen LogP contribution in [-0.2, 0) is 27.5 Å². The molecule has 1 aliphatic heterocycles. The van der Waals surface area contributed by atoms with E-state index in [0.29, 0.717) is 25.1 Å². The number of hydrogen-bond donors (Lipinski definition) is 0. The average Bonchev–Trinajstić information content (AvgIpc) is 3.16. The molecule has 190 valence electrons. The van der Waals surface area contributed by atoms with Crippen LogP contribution in [-0.4, -0.2) is 66.4 Å². The monoisotopic (exact) mass is 529 g/mol. The molecular formula is C25H37Cl2N3O3S. The quantitative estimate of drug-likeness (QED) is 0.521. The molecule has 1 saturated heterocycles. The summed E-state index contributed by atoms with van der Waals surface area (Å²) in [5.74, 6) is 0.593. The summed E-state index contributed by atoms with van der Waals surface area (Å²) in [4.78, 5) is 2.54. The highest BCUT2D eigenvalue weighted by Crippen LogP contribution is 2.36. The van der Waals surface area contributed by atoms with E-state index in [-0.39, 0.29) is 30.3 Å². The van der Waals surface area contributed by atoms with Gasteiger partial charge in [-0.3, -0.25) is 9.58 Å². The molecule has 1 aromatic carbocycles. The number of sulfone groups is 1. The molecule has 0 unspecified atom stereocenters. The van der Waals surface area contributed by atoms with Gasteiger partial charge in [-0.1, -0.05) is 23.7 Å². The number of aryl methyl sites for hydroxylation is 2. The molecule has 2 aromatic rings. The average molecular weight is 531 g/mol. The molecule has 0 amide bonds. The van der Waals surface area contributed by atoms with Crippen molar-refractivity contribution in [3.63, 3.8) is 0 Å². The van der Waals surface area contributed by atoms with Gasteiger partial charge in [0.05, 0.1) is 24.2 Å². The summed E-state index contributed by atoms with van der Waals surface area (Å²) < 4.78 is 32.0. The second-order valence-corrected chi connectivity index (χ2v) is 12.4. The van der Waals surface area contributed by atoms with Gasteiger partial charge >= 0.3 is 0 Å². The van der Waals surface area contributed by atoms with E-state index in [1.54, 1.807) is 0 Å². The Kier molecular flexibility index (Phi) is 9.49. The molecule has 1 aromatic heterocycles. The first-order valence-electron chi connectivity index (χ1n) is 12.1. The molecule has 1 aliphatic carbocycles. The molecule has 2 fully saturated rings. The van der Waals surface area contributed by atoms with E-state index in [2.05, 4.69) is 41.6 Å². The van der Waals surface area contributed by atoms with Gasteiger partial charge in [-0.25, -0.2) is 8.42 Å². The number of rotatable bonds is 7. The van der Waals surface area contributed by atoms with Gasteiger partial charge in [0, 0.05) is 48.1 Å². The topological polar surface area (TPSA) is 64.4 Å². The molecule has 1 saturated carbocycles. The van der Waals surface area contributed by atoms with Crippen molar-refractivity contribution in [3.05, 3.63) is 52.3 Å². The third-order valence-electron chi connectivity index (χ3n) is 7.16. The lowest BCUT2D eigenvalue weighted by Crippen LogP contribution is -2.56. The van der Waals surface area contributed by atoms with Crippen LogP contribution in [0, 0.1) is 6.92 Å². The fourth-order valence-corrected chi connectivity index (χ4v) is 6.50. The molecule has 0 bridgehead atoms. The van der Waals surface area contributed by atoms with Crippen molar-refractivity contribution in [1.82, 2.24) is 14.7 Å². The Morgan fingerprint density at radius 3 is 2.41 bits per heavy atom. The van der Waals surface area contributed by atoms with Crippen molar-refractivity contribution in [2.75, 3.05) is 25.2 Å². The highest BCUT2D eigenvalue weighted by atomic mass is 35.5. The van der Waals surface area contributed by atoms with E-state index in [9.17, 15) is 8.42 Å². The van der Waals surface area contributed by atoms with Crippen molar-refractivity contribution in [2.45, 2.75) is 76.6 Å². The molecule has 34 heavy (non-hydrogen) atoms. The van der Waals surface area contributed by atoms with Gasteiger partial charge in [-0.2, -0.15) is 5.10 Å². The van der Waals surface area contributed by atoms with Crippen LogP contribution >= 0.6 is 24.0 Å². The van der Waals surface area contributed by atoms with E-state index in [1.807, 2.05) is 12.1 Å². The van der Waals surface area contributed by atoms with Gasteiger partial charge in [0.25, 0.3) is 0 Å². The van der Waals surface area contributed by atoms with Crippen LogP contribution in [0.15, 0.2) is 30.3 Å². The number of benzene rings is 1. The molecule has 0 N–H and O–H groups in total. The molecule has 2 aliphatic rings. The first-order valence-corrected chi connectivity index (χ1v) is 14.5. The summed E-state index contributed by atoms with van der Waals surface area (Å²) in [6, 6.07) is 10.9. The smallest absolute Gasteiger partial charge is 0.150 e. The first kappa shape index (κ1) is 27.5. The minimum absolute atomic E-state index is 0. The van der Waals surface area contributed by atoms with Crippen molar-refractivity contribution >= 4 is 33.8 Å². The zero-order valence-corrected chi connectivity index (χ0v) is 22.7. The Morgan fingerprint density at radius 1 is 1.15 bits per heavy atom. The standard InChI is InChI=1S/C25H36ClN3O3S.ClH/c1-4-29-18(2)13-25(27-29)20-7-11-22(12-8-20)28-15-24(17-33(3,30)31)32-16-23(28)14-19-5-9-21(26)10-6-19;/h5-6,9-10,13,20,22-24H,4,7-8,11-12,14-17H2,1-3H3;1H/t20?,22?,23-,24+;/m0./s1. The van der Waals surface area contributed by atoms with Gasteiger partial charge in [-0.05, 0) is 69.7 Å². The Balaban J connectivity index is 0.00000324. The summed E-state index contributed by atoms with van der Waals surface area (Å²) in [5.41, 5.74) is 3.69. The van der Waals surface area contributed by atoms with Gasteiger partial charge in [0.2, 0.25) is 0 Å². The third-order valence-corrected chi connectivity index (χ3v) is 8.39. The lowest BCUT2D eigenvalue weighted by molar-refractivity contribution is -0.0755. The SMILES string of the molecule is CCn1nc(C2CCC(N3C[C@H](CS(C)(=O)=O)OC[C@@H]3Cc3ccc(Cl)cc3)CC2)cc1C.Cl. The number of nitrogens with zero attached hydrogens (tertiary/aromatic N) is 3. The largest absolute Gasteiger partial charge is 0.374 e. The minimum atomic E-state index is -3.09. The summed E-state index contributed by atoms with van der Waals surface area (Å²) in [5, 5.41) is 5.56. The fourth-order valence-electron chi connectivity index (χ4n) is 5.49. The predicted molar refractivity (Wildman–Crippen MR) is 140 cm³/mol. The van der Waals surface area contributed by atoms with Crippen LogP contribution in [0.5, 0.6) is 0 Å². The van der Waals surface area contributed by atoms with Crippen molar-refractivity contribution in [2.24, 2.45) is 0 Å². The number of aromatic nitrogens is 2. The van der Waals surface area contributed by atoms with Gasteiger partial charge < -0.3 is 4.74 Å². The molecule has 2 atom stereocenters. The Labute approximate surface area is 215 Å².